The Morgan fingerprint density at radius 2 is 2.00 bits per heavy atom. The molecule has 0 bridgehead atoms. The highest BCUT2D eigenvalue weighted by Gasteiger charge is 2.23. The topological polar surface area (TPSA) is 67.5 Å². The van der Waals surface area contributed by atoms with Crippen molar-refractivity contribution in [3.63, 3.8) is 0 Å². The minimum Gasteiger partial charge on any atom is -0.393 e. The first-order valence-electron chi connectivity index (χ1n) is 5.81. The molecule has 1 aliphatic heterocycles. The fraction of sp³-hybridized carbons (Fsp3) is 0.462. The molecule has 2 rings (SSSR count). The first kappa shape index (κ1) is 12.1. The predicted molar refractivity (Wildman–Crippen MR) is 62.5 cm³/mol. The Bertz CT molecular complexity index is 398. The van der Waals surface area contributed by atoms with Crippen LogP contribution in [0.4, 0.5) is 0 Å². The highest BCUT2D eigenvalue weighted by atomic mass is 16.5. The third-order valence-electron chi connectivity index (χ3n) is 3.22. The minimum atomic E-state index is -0.368. The van der Waals surface area contributed by atoms with Gasteiger partial charge in [-0.15, -0.1) is 0 Å². The van der Waals surface area contributed by atoms with Crippen molar-refractivity contribution in [1.82, 2.24) is 5.06 Å². The van der Waals surface area contributed by atoms with Crippen LogP contribution in [0.1, 0.15) is 29.9 Å². The molecule has 0 spiro atoms. The Morgan fingerprint density at radius 1 is 1.29 bits per heavy atom. The van der Waals surface area contributed by atoms with Crippen LogP contribution >= 0.6 is 0 Å². The van der Waals surface area contributed by atoms with Crippen LogP contribution in [-0.2, 0) is 0 Å². The molecule has 0 aliphatic carbocycles. The van der Waals surface area contributed by atoms with Gasteiger partial charge in [-0.25, -0.2) is 0 Å². The highest BCUT2D eigenvalue weighted by Crippen LogP contribution is 2.26. The smallest absolute Gasteiger partial charge is 0.0991 e. The summed E-state index contributed by atoms with van der Waals surface area (Å²) in [6.45, 7) is 1.04. The molecule has 4 nitrogen and oxygen atoms in total. The maximum absolute atomic E-state index is 9.75. The summed E-state index contributed by atoms with van der Waals surface area (Å²) in [5, 5.41) is 29.4. The van der Waals surface area contributed by atoms with E-state index in [1.54, 1.807) is 12.1 Å². The van der Waals surface area contributed by atoms with Gasteiger partial charge in [-0.2, -0.15) is 10.3 Å². The van der Waals surface area contributed by atoms with E-state index in [1.165, 1.54) is 5.06 Å². The van der Waals surface area contributed by atoms with Crippen molar-refractivity contribution in [1.29, 1.82) is 5.26 Å². The maximum atomic E-state index is 9.75. The van der Waals surface area contributed by atoms with Crippen LogP contribution in [0.5, 0.6) is 0 Å². The van der Waals surface area contributed by atoms with Crippen LogP contribution in [0.15, 0.2) is 24.3 Å². The number of nitrogens with zero attached hydrogens (tertiary/aromatic N) is 2. The van der Waals surface area contributed by atoms with Gasteiger partial charge in [0.1, 0.15) is 0 Å². The van der Waals surface area contributed by atoms with Gasteiger partial charge in [-0.1, -0.05) is 12.1 Å². The lowest BCUT2D eigenvalue weighted by Gasteiger charge is -2.19. The van der Waals surface area contributed by atoms with E-state index in [0.717, 1.165) is 5.56 Å². The Kier molecular flexibility index (Phi) is 3.75. The molecule has 90 valence electrons. The summed E-state index contributed by atoms with van der Waals surface area (Å²) in [6, 6.07) is 9.42. The molecular formula is C13H16N2O2. The van der Waals surface area contributed by atoms with Crippen LogP contribution < -0.4 is 0 Å². The van der Waals surface area contributed by atoms with Crippen molar-refractivity contribution in [3.05, 3.63) is 35.4 Å². The van der Waals surface area contributed by atoms with Gasteiger partial charge < -0.3 is 10.3 Å². The Labute approximate surface area is 101 Å². The van der Waals surface area contributed by atoms with Gasteiger partial charge in [0.05, 0.1) is 17.7 Å². The first-order chi connectivity index (χ1) is 8.19. The lowest BCUT2D eigenvalue weighted by molar-refractivity contribution is -0.0919. The van der Waals surface area contributed by atoms with Crippen LogP contribution in [-0.4, -0.2) is 34.6 Å². The Morgan fingerprint density at radius 3 is 2.65 bits per heavy atom. The summed E-state index contributed by atoms with van der Waals surface area (Å²) in [4.78, 5) is 0. The fourth-order valence-corrected chi connectivity index (χ4v) is 2.24. The third kappa shape index (κ3) is 3.04. The molecule has 1 saturated heterocycles. The number of rotatable bonds is 1. The molecule has 1 heterocycles. The molecule has 1 aromatic carbocycles. The zero-order valence-electron chi connectivity index (χ0n) is 9.58. The second kappa shape index (κ2) is 5.28. The van der Waals surface area contributed by atoms with Crippen LogP contribution in [0.25, 0.3) is 0 Å². The number of benzene rings is 1. The lowest BCUT2D eigenvalue weighted by Crippen LogP contribution is -2.23. The van der Waals surface area contributed by atoms with Gasteiger partial charge in [0.25, 0.3) is 0 Å². The standard InChI is InChI=1S/C13H16N2O2/c14-8-10-1-3-11(4-2-10)12-7-13(16)5-6-15(17)9-12/h1-4,12-13,16-17H,5-7,9H2. The van der Waals surface area contributed by atoms with Gasteiger partial charge in [0.15, 0.2) is 0 Å². The van der Waals surface area contributed by atoms with Crippen molar-refractivity contribution in [3.8, 4) is 6.07 Å². The monoisotopic (exact) mass is 232 g/mol. The van der Waals surface area contributed by atoms with E-state index < -0.39 is 0 Å². The molecule has 0 radical (unpaired) electrons. The molecule has 1 aromatic rings. The molecule has 17 heavy (non-hydrogen) atoms. The average molecular weight is 232 g/mol. The quantitative estimate of drug-likeness (QED) is 0.769. The van der Waals surface area contributed by atoms with E-state index in [1.807, 2.05) is 12.1 Å². The molecule has 0 amide bonds. The fourth-order valence-electron chi connectivity index (χ4n) is 2.24. The van der Waals surface area contributed by atoms with Crippen molar-refractivity contribution in [2.45, 2.75) is 24.9 Å². The van der Waals surface area contributed by atoms with Gasteiger partial charge in [0, 0.05) is 19.0 Å². The largest absolute Gasteiger partial charge is 0.393 e. The number of hydrogen-bond donors (Lipinski definition) is 2. The van der Waals surface area contributed by atoms with E-state index in [0.29, 0.717) is 31.5 Å². The van der Waals surface area contributed by atoms with E-state index in [2.05, 4.69) is 6.07 Å². The summed E-state index contributed by atoms with van der Waals surface area (Å²) in [5.74, 6) is 0.116. The van der Waals surface area contributed by atoms with Crippen LogP contribution in [0.3, 0.4) is 0 Å². The second-order valence-corrected chi connectivity index (χ2v) is 4.52. The van der Waals surface area contributed by atoms with Gasteiger partial charge in [-0.05, 0) is 30.5 Å². The molecule has 2 N–H and O–H groups in total. The average Bonchev–Trinajstić information content (AvgIpc) is 2.51. The van der Waals surface area contributed by atoms with E-state index in [4.69, 9.17) is 5.26 Å². The zero-order chi connectivity index (χ0) is 12.3. The predicted octanol–water partition coefficient (Wildman–Crippen LogP) is 1.49. The zero-order valence-corrected chi connectivity index (χ0v) is 9.58. The normalized spacial score (nSPS) is 26.2. The molecule has 2 unspecified atom stereocenters. The van der Waals surface area contributed by atoms with E-state index in [9.17, 15) is 10.3 Å². The van der Waals surface area contributed by atoms with Gasteiger partial charge in [-0.3, -0.25) is 0 Å². The molecule has 1 fully saturated rings. The number of aliphatic hydroxyl groups excluding tert-OH is 1. The van der Waals surface area contributed by atoms with Crippen LogP contribution in [0, 0.1) is 11.3 Å². The third-order valence-corrected chi connectivity index (χ3v) is 3.22. The summed E-state index contributed by atoms with van der Waals surface area (Å²) >= 11 is 0. The summed E-state index contributed by atoms with van der Waals surface area (Å²) in [5.41, 5.74) is 1.69. The number of hydrogen-bond acceptors (Lipinski definition) is 4. The minimum absolute atomic E-state index is 0.116. The summed E-state index contributed by atoms with van der Waals surface area (Å²) in [7, 11) is 0. The van der Waals surface area contributed by atoms with Crippen molar-refractivity contribution >= 4 is 0 Å². The SMILES string of the molecule is N#Cc1ccc(C2CC(O)CCN(O)C2)cc1. The molecule has 1 aliphatic rings. The highest BCUT2D eigenvalue weighted by molar-refractivity contribution is 5.33. The van der Waals surface area contributed by atoms with Gasteiger partial charge >= 0.3 is 0 Å². The molecular weight excluding hydrogens is 216 g/mol. The lowest BCUT2D eigenvalue weighted by atomic mass is 9.93. The number of hydroxylamine groups is 2. The number of nitriles is 1. The van der Waals surface area contributed by atoms with Crippen molar-refractivity contribution < 1.29 is 10.3 Å². The second-order valence-electron chi connectivity index (χ2n) is 4.52. The Hall–Kier alpha value is -1.41. The van der Waals surface area contributed by atoms with E-state index >= 15 is 0 Å². The van der Waals surface area contributed by atoms with E-state index in [-0.39, 0.29) is 12.0 Å². The molecule has 0 aromatic heterocycles. The van der Waals surface area contributed by atoms with Crippen molar-refractivity contribution in [2.24, 2.45) is 0 Å². The number of aliphatic hydroxyl groups is 1. The van der Waals surface area contributed by atoms with Crippen LogP contribution in [0.2, 0.25) is 0 Å². The molecule has 4 heteroatoms. The summed E-state index contributed by atoms with van der Waals surface area (Å²) in [6.07, 6.45) is 0.888. The molecule has 0 saturated carbocycles. The van der Waals surface area contributed by atoms with Gasteiger partial charge in [0.2, 0.25) is 0 Å². The summed E-state index contributed by atoms with van der Waals surface area (Å²) < 4.78 is 0. The molecule has 2 atom stereocenters. The Balaban J connectivity index is 2.16. The maximum Gasteiger partial charge on any atom is 0.0991 e. The van der Waals surface area contributed by atoms with Crippen molar-refractivity contribution in [2.75, 3.05) is 13.1 Å². The first-order valence-corrected chi connectivity index (χ1v) is 5.81.